The summed E-state index contributed by atoms with van der Waals surface area (Å²) in [6.07, 6.45) is 11.1. The van der Waals surface area contributed by atoms with Gasteiger partial charge in [0.15, 0.2) is 11.6 Å². The van der Waals surface area contributed by atoms with Gasteiger partial charge in [0, 0.05) is 43.7 Å². The van der Waals surface area contributed by atoms with Gasteiger partial charge >= 0.3 is 0 Å². The summed E-state index contributed by atoms with van der Waals surface area (Å²) in [5.74, 6) is 0.535. The summed E-state index contributed by atoms with van der Waals surface area (Å²) in [7, 11) is -3.39. The number of amides is 2. The van der Waals surface area contributed by atoms with Crippen molar-refractivity contribution in [3.05, 3.63) is 57.6 Å². The van der Waals surface area contributed by atoms with Gasteiger partial charge < -0.3 is 14.9 Å². The number of aliphatic hydroxyl groups is 1. The van der Waals surface area contributed by atoms with E-state index < -0.39 is 10.1 Å². The molecule has 2 aromatic carbocycles. The molecule has 1 N–H and O–H groups in total. The molecule has 10 nitrogen and oxygen atoms in total. The number of carbonyl (C=O) groups is 4. The molecule has 11 heteroatoms. The van der Waals surface area contributed by atoms with Crippen LogP contribution in [-0.4, -0.2) is 69.5 Å². The number of benzene rings is 2. The van der Waals surface area contributed by atoms with E-state index in [4.69, 9.17) is 5.11 Å². The van der Waals surface area contributed by atoms with Gasteiger partial charge in [-0.1, -0.05) is 12.8 Å². The smallest absolute Gasteiger partial charge is 0.264 e. The number of aliphatic hydroxyl groups excluding tert-OH is 1. The Morgan fingerprint density at radius 3 is 1.63 bits per heavy atom. The predicted molar refractivity (Wildman–Crippen MR) is 175 cm³/mol. The average Bonchev–Trinajstić information content (AvgIpc) is 3.53. The van der Waals surface area contributed by atoms with Gasteiger partial charge in [-0.05, 0) is 97.9 Å². The molecule has 0 fully saturated rings. The van der Waals surface area contributed by atoms with Crippen molar-refractivity contribution < 1.29 is 36.9 Å². The van der Waals surface area contributed by atoms with Crippen LogP contribution in [0.1, 0.15) is 107 Å². The van der Waals surface area contributed by atoms with Crippen molar-refractivity contribution >= 4 is 44.9 Å². The highest BCUT2D eigenvalue weighted by atomic mass is 32.2. The topological polar surface area (TPSA) is 138 Å². The Balaban J connectivity index is 0.000000184. The third-order valence-corrected chi connectivity index (χ3v) is 9.66. The van der Waals surface area contributed by atoms with Gasteiger partial charge in [0.2, 0.25) is 11.8 Å². The van der Waals surface area contributed by atoms with E-state index in [1.807, 2.05) is 34.1 Å². The summed E-state index contributed by atoms with van der Waals surface area (Å²) in [4.78, 5) is 52.5. The van der Waals surface area contributed by atoms with Crippen molar-refractivity contribution in [3.63, 3.8) is 0 Å². The number of hydrogen-bond acceptors (Lipinski definition) is 8. The first-order valence-corrected chi connectivity index (χ1v) is 18.3. The highest BCUT2D eigenvalue weighted by molar-refractivity contribution is 7.85. The Morgan fingerprint density at radius 1 is 0.717 bits per heavy atom. The first-order valence-electron chi connectivity index (χ1n) is 16.5. The van der Waals surface area contributed by atoms with Gasteiger partial charge in [-0.15, -0.1) is 0 Å². The van der Waals surface area contributed by atoms with E-state index in [9.17, 15) is 27.6 Å². The maximum Gasteiger partial charge on any atom is 0.264 e. The molecule has 0 saturated carbocycles. The van der Waals surface area contributed by atoms with Crippen molar-refractivity contribution in [2.45, 2.75) is 89.9 Å². The van der Waals surface area contributed by atoms with Crippen LogP contribution in [0.4, 0.5) is 11.4 Å². The molecule has 2 amide bonds. The number of anilines is 2. The van der Waals surface area contributed by atoms with E-state index in [0.717, 1.165) is 110 Å². The molecule has 4 aliphatic rings. The number of ketones is 2. The Kier molecular flexibility index (Phi) is 11.1. The summed E-state index contributed by atoms with van der Waals surface area (Å²) in [5.41, 5.74) is 7.82. The predicted octanol–water partition coefficient (Wildman–Crippen LogP) is 4.50. The van der Waals surface area contributed by atoms with Crippen molar-refractivity contribution in [2.75, 3.05) is 42.4 Å². The minimum Gasteiger partial charge on any atom is -0.396 e. The molecule has 4 heterocycles. The minimum atomic E-state index is -3.39. The SMILES string of the molecule is CS(=O)(=O)OCCCCCC(=O)c1cc2c3c(c1)CC(=O)N3CCC2.O=C(CCCCCO)c1cc2c3c(c1)CC(=O)N3CCC2. The first kappa shape index (κ1) is 33.9. The number of unbranched alkanes of at least 4 members (excludes halogenated alkanes) is 4. The number of rotatable bonds is 14. The Hall–Kier alpha value is -3.41. The van der Waals surface area contributed by atoms with Gasteiger partial charge in [0.25, 0.3) is 10.1 Å². The first-order chi connectivity index (χ1) is 22.1. The molecule has 0 aliphatic carbocycles. The lowest BCUT2D eigenvalue weighted by Gasteiger charge is -2.25. The Morgan fingerprint density at radius 2 is 1.17 bits per heavy atom. The number of carbonyl (C=O) groups excluding carboxylic acids is 4. The summed E-state index contributed by atoms with van der Waals surface area (Å²) in [6, 6.07) is 7.71. The summed E-state index contributed by atoms with van der Waals surface area (Å²) < 4.78 is 26.4. The maximum absolute atomic E-state index is 12.5. The molecule has 6 rings (SSSR count). The summed E-state index contributed by atoms with van der Waals surface area (Å²) in [5, 5.41) is 8.76. The van der Waals surface area contributed by atoms with E-state index in [-0.39, 0.29) is 36.6 Å². The fourth-order valence-electron chi connectivity index (χ4n) is 6.92. The highest BCUT2D eigenvalue weighted by Gasteiger charge is 2.34. The number of aryl methyl sites for hydroxylation is 2. The lowest BCUT2D eigenvalue weighted by atomic mass is 9.94. The zero-order chi connectivity index (χ0) is 32.8. The van der Waals surface area contributed by atoms with Crippen molar-refractivity contribution in [2.24, 2.45) is 0 Å². The lowest BCUT2D eigenvalue weighted by molar-refractivity contribution is -0.118. The molecule has 0 aromatic heterocycles. The third-order valence-electron chi connectivity index (χ3n) is 9.07. The Bertz CT molecular complexity index is 1620. The molecular weight excluding hydrogens is 608 g/mol. The molecule has 0 unspecified atom stereocenters. The molecular formula is C35H44N2O8S. The molecule has 0 saturated heterocycles. The molecule has 0 bridgehead atoms. The van der Waals surface area contributed by atoms with Gasteiger partial charge in [0.1, 0.15) is 0 Å². The van der Waals surface area contributed by atoms with Gasteiger partial charge in [-0.2, -0.15) is 8.42 Å². The van der Waals surface area contributed by atoms with Crippen molar-refractivity contribution in [1.29, 1.82) is 0 Å². The molecule has 0 spiro atoms. The van der Waals surface area contributed by atoms with Crippen LogP contribution in [0.5, 0.6) is 0 Å². The van der Waals surface area contributed by atoms with Crippen LogP contribution in [0, 0.1) is 0 Å². The van der Waals surface area contributed by atoms with Crippen LogP contribution in [0.25, 0.3) is 0 Å². The maximum atomic E-state index is 12.5. The number of Topliss-reactive ketones (excluding diaryl/α,β-unsaturated/α-hetero) is 2. The van der Waals surface area contributed by atoms with Crippen LogP contribution in [-0.2, 0) is 49.6 Å². The van der Waals surface area contributed by atoms with Crippen LogP contribution in [0.15, 0.2) is 24.3 Å². The van der Waals surface area contributed by atoms with Crippen LogP contribution in [0.3, 0.4) is 0 Å². The quantitative estimate of drug-likeness (QED) is 0.179. The zero-order valence-electron chi connectivity index (χ0n) is 26.6. The minimum absolute atomic E-state index is 0.0829. The molecule has 2 aromatic rings. The summed E-state index contributed by atoms with van der Waals surface area (Å²) in [6.45, 7) is 1.94. The highest BCUT2D eigenvalue weighted by Crippen LogP contribution is 2.39. The molecule has 248 valence electrons. The normalized spacial score (nSPS) is 16.2. The van der Waals surface area contributed by atoms with Crippen LogP contribution < -0.4 is 9.80 Å². The third kappa shape index (κ3) is 8.11. The van der Waals surface area contributed by atoms with Gasteiger partial charge in [-0.25, -0.2) is 0 Å². The van der Waals surface area contributed by atoms with Gasteiger partial charge in [-0.3, -0.25) is 23.4 Å². The largest absolute Gasteiger partial charge is 0.396 e. The monoisotopic (exact) mass is 652 g/mol. The van der Waals surface area contributed by atoms with E-state index in [2.05, 4.69) is 4.18 Å². The number of hydrogen-bond donors (Lipinski definition) is 1. The van der Waals surface area contributed by atoms with Crippen molar-refractivity contribution in [3.8, 4) is 0 Å². The van der Waals surface area contributed by atoms with E-state index in [1.165, 1.54) is 0 Å². The zero-order valence-corrected chi connectivity index (χ0v) is 27.5. The standard InChI is InChI=1S/C18H23NO5S.C17H21NO3/c1-25(22,23)24-9-4-2-3-7-16(20)14-10-13-6-5-8-19-17(21)12-15(11-14)18(13)19;19-8-3-1-2-6-15(20)13-9-12-5-4-7-18-16(21)11-14(10-13)17(12)18/h10-11H,2-9,12H2,1H3;9-10,19H,1-8,11H2. The molecule has 46 heavy (non-hydrogen) atoms. The fraction of sp³-hybridized carbons (Fsp3) is 0.543. The molecule has 4 aliphatic heterocycles. The van der Waals surface area contributed by atoms with E-state index >= 15 is 0 Å². The number of nitrogens with zero attached hydrogens (tertiary/aromatic N) is 2. The second-order valence-electron chi connectivity index (χ2n) is 12.7. The van der Waals surface area contributed by atoms with E-state index in [0.29, 0.717) is 44.1 Å². The molecule has 0 radical (unpaired) electrons. The second kappa shape index (κ2) is 15.0. The Labute approximate surface area is 271 Å². The molecule has 0 atom stereocenters. The second-order valence-corrected chi connectivity index (χ2v) is 14.3. The van der Waals surface area contributed by atoms with E-state index in [1.54, 1.807) is 0 Å². The van der Waals surface area contributed by atoms with Gasteiger partial charge in [0.05, 0.1) is 37.1 Å². The van der Waals surface area contributed by atoms with Crippen LogP contribution in [0.2, 0.25) is 0 Å². The summed E-state index contributed by atoms with van der Waals surface area (Å²) >= 11 is 0. The lowest BCUT2D eigenvalue weighted by Crippen LogP contribution is -2.31. The van der Waals surface area contributed by atoms with Crippen LogP contribution >= 0.6 is 0 Å². The fourth-order valence-corrected chi connectivity index (χ4v) is 7.34. The van der Waals surface area contributed by atoms with Crippen molar-refractivity contribution in [1.82, 2.24) is 0 Å². The average molecular weight is 653 g/mol.